The largest absolute Gasteiger partial charge is 0.416 e. The van der Waals surface area contributed by atoms with Crippen molar-refractivity contribution >= 4 is 0 Å². The lowest BCUT2D eigenvalue weighted by Crippen LogP contribution is -2.13. The molecule has 1 aromatic rings. The zero-order valence-corrected chi connectivity index (χ0v) is 10.0. The molecule has 0 aliphatic rings. The molecule has 0 aliphatic carbocycles. The van der Waals surface area contributed by atoms with Crippen molar-refractivity contribution in [1.82, 2.24) is 0 Å². The first-order chi connectivity index (χ1) is 9.00. The van der Waals surface area contributed by atoms with Crippen LogP contribution >= 0.6 is 0 Å². The van der Waals surface area contributed by atoms with Gasteiger partial charge in [-0.25, -0.2) is 4.39 Å². The van der Waals surface area contributed by atoms with Crippen LogP contribution in [-0.4, -0.2) is 11.3 Å². The molecule has 1 atom stereocenters. The van der Waals surface area contributed by atoms with E-state index in [0.717, 1.165) is 0 Å². The van der Waals surface area contributed by atoms with Gasteiger partial charge in [0.2, 0.25) is 0 Å². The fraction of sp³-hybridized carbons (Fsp3) is 0.500. The Hall–Kier alpha value is -1.31. The maximum absolute atomic E-state index is 12.9. The van der Waals surface area contributed by atoms with Crippen LogP contribution in [0.2, 0.25) is 0 Å². The third-order valence-corrected chi connectivity index (χ3v) is 2.62. The highest BCUT2D eigenvalue weighted by Crippen LogP contribution is 2.36. The molecule has 114 valence electrons. The highest BCUT2D eigenvalue weighted by molar-refractivity contribution is 5.32. The van der Waals surface area contributed by atoms with Gasteiger partial charge in [-0.15, -0.1) is 0 Å². The van der Waals surface area contributed by atoms with Crippen molar-refractivity contribution < 1.29 is 35.8 Å². The van der Waals surface area contributed by atoms with E-state index in [1.54, 1.807) is 0 Å². The van der Waals surface area contributed by atoms with Crippen molar-refractivity contribution in [2.75, 3.05) is 0 Å². The summed E-state index contributed by atoms with van der Waals surface area (Å²) in [6.07, 6.45) is -13.4. The maximum Gasteiger partial charge on any atom is 0.416 e. The summed E-state index contributed by atoms with van der Waals surface area (Å²) in [7, 11) is 0. The quantitative estimate of drug-likeness (QED) is 0.805. The fourth-order valence-corrected chi connectivity index (χ4v) is 1.72. The number of aliphatic hydroxyl groups excluding tert-OH is 1. The van der Waals surface area contributed by atoms with Gasteiger partial charge in [0, 0.05) is 6.42 Å². The number of hydrogen-bond donors (Lipinski definition) is 1. The summed E-state index contributed by atoms with van der Waals surface area (Å²) < 4.78 is 86.6. The Morgan fingerprint density at radius 2 is 1.65 bits per heavy atom. The molecule has 0 amide bonds. The molecular weight excluding hydrogens is 293 g/mol. The molecule has 0 spiro atoms. The molecule has 0 aromatic heterocycles. The van der Waals surface area contributed by atoms with Gasteiger partial charge in [0.1, 0.15) is 5.82 Å². The summed E-state index contributed by atoms with van der Waals surface area (Å²) in [5, 5.41) is 9.55. The third kappa shape index (κ3) is 4.99. The predicted molar refractivity (Wildman–Crippen MR) is 56.3 cm³/mol. The van der Waals surface area contributed by atoms with Gasteiger partial charge in [-0.2, -0.15) is 26.3 Å². The SMILES string of the molecule is OC(CCCC(F)(F)F)c1cc(F)ccc1C(F)(F)F. The van der Waals surface area contributed by atoms with Gasteiger partial charge in [0.05, 0.1) is 11.7 Å². The van der Waals surface area contributed by atoms with E-state index in [1.165, 1.54) is 0 Å². The second-order valence-electron chi connectivity index (χ2n) is 4.25. The summed E-state index contributed by atoms with van der Waals surface area (Å²) in [5.41, 5.74) is -2.00. The second-order valence-corrected chi connectivity index (χ2v) is 4.25. The van der Waals surface area contributed by atoms with Crippen LogP contribution in [-0.2, 0) is 6.18 Å². The van der Waals surface area contributed by atoms with E-state index in [0.29, 0.717) is 18.2 Å². The Kier molecular flexibility index (Phi) is 5.01. The Balaban J connectivity index is 2.86. The minimum Gasteiger partial charge on any atom is -0.388 e. The molecule has 1 unspecified atom stereocenters. The van der Waals surface area contributed by atoms with Crippen molar-refractivity contribution in [3.8, 4) is 0 Å². The lowest BCUT2D eigenvalue weighted by Gasteiger charge is -2.18. The van der Waals surface area contributed by atoms with Gasteiger partial charge in [0.15, 0.2) is 0 Å². The van der Waals surface area contributed by atoms with Crippen LogP contribution in [0.4, 0.5) is 30.7 Å². The first kappa shape index (κ1) is 16.7. The average molecular weight is 304 g/mol. The van der Waals surface area contributed by atoms with Crippen LogP contribution in [0, 0.1) is 5.82 Å². The second kappa shape index (κ2) is 5.99. The molecule has 0 fully saturated rings. The summed E-state index contributed by atoms with van der Waals surface area (Å²) in [6.45, 7) is 0. The number of halogens is 7. The summed E-state index contributed by atoms with van der Waals surface area (Å²) in [6, 6.07) is 1.52. The maximum atomic E-state index is 12.9. The molecule has 20 heavy (non-hydrogen) atoms. The lowest BCUT2D eigenvalue weighted by molar-refractivity contribution is -0.141. The van der Waals surface area contributed by atoms with Crippen molar-refractivity contribution in [3.63, 3.8) is 0 Å². The zero-order valence-electron chi connectivity index (χ0n) is 10.0. The van der Waals surface area contributed by atoms with E-state index in [-0.39, 0.29) is 0 Å². The number of rotatable bonds is 4. The Morgan fingerprint density at radius 3 is 2.15 bits per heavy atom. The van der Waals surface area contributed by atoms with Crippen LogP contribution in [0.5, 0.6) is 0 Å². The normalized spacial score (nSPS) is 14.4. The molecule has 0 aliphatic heterocycles. The van der Waals surface area contributed by atoms with Crippen molar-refractivity contribution in [2.24, 2.45) is 0 Å². The molecule has 1 rings (SSSR count). The molecule has 0 heterocycles. The lowest BCUT2D eigenvalue weighted by atomic mass is 9.98. The van der Waals surface area contributed by atoms with Crippen LogP contribution in [0.25, 0.3) is 0 Å². The molecule has 8 heteroatoms. The molecule has 1 N–H and O–H groups in total. The molecule has 0 saturated carbocycles. The first-order valence-electron chi connectivity index (χ1n) is 5.62. The van der Waals surface area contributed by atoms with Crippen LogP contribution in [0.3, 0.4) is 0 Å². The molecule has 1 nitrogen and oxygen atoms in total. The zero-order chi connectivity index (χ0) is 15.6. The van der Waals surface area contributed by atoms with E-state index >= 15 is 0 Å². The third-order valence-electron chi connectivity index (χ3n) is 2.62. The van der Waals surface area contributed by atoms with Gasteiger partial charge >= 0.3 is 12.4 Å². The topological polar surface area (TPSA) is 20.2 Å². The van der Waals surface area contributed by atoms with Crippen molar-refractivity contribution in [1.29, 1.82) is 0 Å². The van der Waals surface area contributed by atoms with E-state index < -0.39 is 54.7 Å². The predicted octanol–water partition coefficient (Wildman–Crippen LogP) is 4.61. The number of benzene rings is 1. The minimum absolute atomic E-state index is 0.456. The van der Waals surface area contributed by atoms with Crippen LogP contribution < -0.4 is 0 Å². The van der Waals surface area contributed by atoms with E-state index in [1.807, 2.05) is 0 Å². The van der Waals surface area contributed by atoms with Crippen molar-refractivity contribution in [2.45, 2.75) is 37.7 Å². The van der Waals surface area contributed by atoms with E-state index in [4.69, 9.17) is 0 Å². The first-order valence-corrected chi connectivity index (χ1v) is 5.62. The molecule has 1 aromatic carbocycles. The minimum atomic E-state index is -4.81. The Labute approximate surface area is 110 Å². The standard InChI is InChI=1S/C12H11F7O/c13-7-3-4-9(12(17,18)19)8(6-7)10(20)2-1-5-11(14,15)16/h3-4,6,10,20H,1-2,5H2. The van der Waals surface area contributed by atoms with Gasteiger partial charge < -0.3 is 5.11 Å². The Morgan fingerprint density at radius 1 is 1.05 bits per heavy atom. The molecule has 0 radical (unpaired) electrons. The Bertz CT molecular complexity index is 450. The van der Waals surface area contributed by atoms with Crippen LogP contribution in [0.15, 0.2) is 18.2 Å². The van der Waals surface area contributed by atoms with Gasteiger partial charge in [-0.05, 0) is 36.6 Å². The van der Waals surface area contributed by atoms with Crippen LogP contribution in [0.1, 0.15) is 36.5 Å². The van der Waals surface area contributed by atoms with E-state index in [2.05, 4.69) is 0 Å². The van der Waals surface area contributed by atoms with E-state index in [9.17, 15) is 35.8 Å². The molecular formula is C12H11F7O. The summed E-state index contributed by atoms with van der Waals surface area (Å²) in [4.78, 5) is 0. The van der Waals surface area contributed by atoms with Gasteiger partial charge in [0.25, 0.3) is 0 Å². The van der Waals surface area contributed by atoms with Crippen molar-refractivity contribution in [3.05, 3.63) is 35.1 Å². The smallest absolute Gasteiger partial charge is 0.388 e. The molecule has 0 bridgehead atoms. The highest BCUT2D eigenvalue weighted by atomic mass is 19.4. The summed E-state index contributed by atoms with van der Waals surface area (Å²) >= 11 is 0. The monoisotopic (exact) mass is 304 g/mol. The average Bonchev–Trinajstić information content (AvgIpc) is 2.25. The summed E-state index contributed by atoms with van der Waals surface area (Å²) in [5.74, 6) is -0.997. The highest BCUT2D eigenvalue weighted by Gasteiger charge is 2.35. The van der Waals surface area contributed by atoms with Gasteiger partial charge in [-0.3, -0.25) is 0 Å². The van der Waals surface area contributed by atoms with Gasteiger partial charge in [-0.1, -0.05) is 0 Å². The number of hydrogen-bond acceptors (Lipinski definition) is 1. The molecule has 0 saturated heterocycles. The number of aliphatic hydroxyl groups is 1. The fourth-order valence-electron chi connectivity index (χ4n) is 1.72. The number of alkyl halides is 6.